The van der Waals surface area contributed by atoms with Crippen LogP contribution in [-0.4, -0.2) is 35.6 Å². The number of hydrogen-bond donors (Lipinski definition) is 1. The molecule has 0 aliphatic rings. The lowest BCUT2D eigenvalue weighted by atomic mass is 10.3. The molecule has 1 N–H and O–H groups in total. The first-order valence-electron chi connectivity index (χ1n) is 5.91. The molecule has 0 saturated carbocycles. The lowest BCUT2D eigenvalue weighted by Gasteiger charge is -2.18. The van der Waals surface area contributed by atoms with E-state index in [1.54, 1.807) is 24.3 Å². The van der Waals surface area contributed by atoms with Gasteiger partial charge in [0.2, 0.25) is 0 Å². The number of halogens is 1. The lowest BCUT2D eigenvalue weighted by molar-refractivity contribution is 0.589. The third-order valence-corrected chi connectivity index (χ3v) is 4.85. The molecule has 2 aromatic heterocycles. The van der Waals surface area contributed by atoms with Gasteiger partial charge in [0.25, 0.3) is 10.0 Å². The second kappa shape index (κ2) is 4.97. The van der Waals surface area contributed by atoms with Gasteiger partial charge in [-0.05, 0) is 18.2 Å². The third kappa shape index (κ3) is 2.32. The standard InChI is InChI=1S/C12H10ClN5O2S/c1-18(21(19,20)10-6-7-14-17-10)12-11(13)15-8-4-2-3-5-9(8)16-12/h2-7H,1H3,(H,14,17). The summed E-state index contributed by atoms with van der Waals surface area (Å²) in [5, 5.41) is 6.02. The van der Waals surface area contributed by atoms with Crippen LogP contribution in [0.2, 0.25) is 5.15 Å². The number of nitrogens with one attached hydrogen (secondary N) is 1. The number of sulfonamides is 1. The van der Waals surface area contributed by atoms with E-state index in [1.165, 1.54) is 19.3 Å². The maximum Gasteiger partial charge on any atom is 0.282 e. The van der Waals surface area contributed by atoms with Gasteiger partial charge in [-0.25, -0.2) is 14.3 Å². The summed E-state index contributed by atoms with van der Waals surface area (Å²) in [6.07, 6.45) is 1.36. The number of fused-ring (bicyclic) bond motifs is 1. The van der Waals surface area contributed by atoms with Gasteiger partial charge in [-0.1, -0.05) is 23.7 Å². The Morgan fingerprint density at radius 1 is 1.14 bits per heavy atom. The van der Waals surface area contributed by atoms with Gasteiger partial charge in [-0.2, -0.15) is 13.5 Å². The summed E-state index contributed by atoms with van der Waals surface area (Å²) in [5.74, 6) is 0.0602. The highest BCUT2D eigenvalue weighted by atomic mass is 35.5. The topological polar surface area (TPSA) is 91.8 Å². The molecule has 9 heteroatoms. The zero-order valence-corrected chi connectivity index (χ0v) is 12.4. The molecule has 0 saturated heterocycles. The molecule has 1 aromatic carbocycles. The number of rotatable bonds is 3. The van der Waals surface area contributed by atoms with Crippen LogP contribution in [-0.2, 0) is 10.0 Å². The number of para-hydroxylation sites is 2. The molecule has 0 spiro atoms. The van der Waals surface area contributed by atoms with Gasteiger partial charge >= 0.3 is 0 Å². The van der Waals surface area contributed by atoms with Crippen LogP contribution in [0.1, 0.15) is 0 Å². The first kappa shape index (κ1) is 13.8. The van der Waals surface area contributed by atoms with Crippen molar-refractivity contribution in [3.05, 3.63) is 41.7 Å². The average molecular weight is 324 g/mol. The smallest absolute Gasteiger partial charge is 0.266 e. The van der Waals surface area contributed by atoms with Crippen LogP contribution in [0.3, 0.4) is 0 Å². The van der Waals surface area contributed by atoms with Crippen molar-refractivity contribution in [2.45, 2.75) is 5.03 Å². The van der Waals surface area contributed by atoms with E-state index in [0.29, 0.717) is 11.0 Å². The second-order valence-electron chi connectivity index (χ2n) is 4.22. The van der Waals surface area contributed by atoms with E-state index in [2.05, 4.69) is 20.2 Å². The fourth-order valence-electron chi connectivity index (χ4n) is 1.82. The lowest BCUT2D eigenvalue weighted by Crippen LogP contribution is -2.28. The van der Waals surface area contributed by atoms with Crippen LogP contribution in [0.5, 0.6) is 0 Å². The molecule has 0 amide bonds. The number of H-pyrrole nitrogens is 1. The minimum atomic E-state index is -3.81. The SMILES string of the molecule is CN(c1nc2ccccc2nc1Cl)S(=O)(=O)c1ccn[nH]1. The Bertz CT molecular complexity index is 895. The summed E-state index contributed by atoms with van der Waals surface area (Å²) in [4.78, 5) is 8.43. The van der Waals surface area contributed by atoms with E-state index in [1.807, 2.05) is 0 Å². The van der Waals surface area contributed by atoms with Crippen LogP contribution in [0.25, 0.3) is 11.0 Å². The van der Waals surface area contributed by atoms with Crippen LogP contribution in [0, 0.1) is 0 Å². The Morgan fingerprint density at radius 3 is 2.43 bits per heavy atom. The van der Waals surface area contributed by atoms with Gasteiger partial charge in [0, 0.05) is 7.05 Å². The van der Waals surface area contributed by atoms with Crippen molar-refractivity contribution < 1.29 is 8.42 Å². The fraction of sp³-hybridized carbons (Fsp3) is 0.0833. The third-order valence-electron chi connectivity index (χ3n) is 2.92. The molecule has 0 radical (unpaired) electrons. The van der Waals surface area contributed by atoms with Crippen LogP contribution in [0.4, 0.5) is 5.82 Å². The number of aromatic nitrogens is 4. The highest BCUT2D eigenvalue weighted by molar-refractivity contribution is 7.92. The first-order chi connectivity index (χ1) is 10.00. The van der Waals surface area contributed by atoms with Crippen molar-refractivity contribution in [1.82, 2.24) is 20.2 Å². The molecular formula is C12H10ClN5O2S. The summed E-state index contributed by atoms with van der Waals surface area (Å²) < 4.78 is 25.8. The first-order valence-corrected chi connectivity index (χ1v) is 7.72. The summed E-state index contributed by atoms with van der Waals surface area (Å²) in [6, 6.07) is 8.44. The Hall–Kier alpha value is -2.19. The van der Waals surface area contributed by atoms with E-state index < -0.39 is 10.0 Å². The number of nitrogens with zero attached hydrogens (tertiary/aromatic N) is 4. The highest BCUT2D eigenvalue weighted by Gasteiger charge is 2.26. The fourth-order valence-corrected chi connectivity index (χ4v) is 3.18. The number of anilines is 1. The van der Waals surface area contributed by atoms with Crippen molar-refractivity contribution in [2.24, 2.45) is 0 Å². The van der Waals surface area contributed by atoms with E-state index in [4.69, 9.17) is 11.6 Å². The zero-order valence-electron chi connectivity index (χ0n) is 10.9. The minimum Gasteiger partial charge on any atom is -0.266 e. The van der Waals surface area contributed by atoms with E-state index in [-0.39, 0.29) is 16.0 Å². The van der Waals surface area contributed by atoms with Crippen LogP contribution in [0.15, 0.2) is 41.6 Å². The average Bonchev–Trinajstić information content (AvgIpc) is 3.00. The van der Waals surface area contributed by atoms with Crippen molar-refractivity contribution >= 4 is 38.5 Å². The van der Waals surface area contributed by atoms with Crippen LogP contribution >= 0.6 is 11.6 Å². The Morgan fingerprint density at radius 2 is 1.81 bits per heavy atom. The Kier molecular flexibility index (Phi) is 3.26. The molecule has 3 aromatic rings. The molecule has 0 aliphatic carbocycles. The monoisotopic (exact) mass is 323 g/mol. The quantitative estimate of drug-likeness (QED) is 0.794. The van der Waals surface area contributed by atoms with E-state index in [0.717, 1.165) is 4.31 Å². The number of benzene rings is 1. The van der Waals surface area contributed by atoms with Gasteiger partial charge in [-0.15, -0.1) is 0 Å². The summed E-state index contributed by atoms with van der Waals surface area (Å²) >= 11 is 6.06. The Labute approximate surface area is 125 Å². The molecule has 0 fully saturated rings. The molecular weight excluding hydrogens is 314 g/mol. The highest BCUT2D eigenvalue weighted by Crippen LogP contribution is 2.27. The van der Waals surface area contributed by atoms with Gasteiger partial charge < -0.3 is 0 Å². The molecule has 7 nitrogen and oxygen atoms in total. The Balaban J connectivity index is 2.14. The summed E-state index contributed by atoms with van der Waals surface area (Å²) in [6.45, 7) is 0. The zero-order chi connectivity index (χ0) is 15.0. The van der Waals surface area contributed by atoms with Crippen molar-refractivity contribution in [1.29, 1.82) is 0 Å². The number of aromatic amines is 1. The maximum atomic E-state index is 12.4. The van der Waals surface area contributed by atoms with Crippen molar-refractivity contribution in [3.8, 4) is 0 Å². The maximum absolute atomic E-state index is 12.4. The number of hydrogen-bond acceptors (Lipinski definition) is 5. The molecule has 108 valence electrons. The molecule has 0 bridgehead atoms. The van der Waals surface area contributed by atoms with Gasteiger partial charge in [-0.3, -0.25) is 5.10 Å². The molecule has 3 rings (SSSR count). The van der Waals surface area contributed by atoms with Gasteiger partial charge in [0.1, 0.15) is 0 Å². The van der Waals surface area contributed by atoms with Gasteiger partial charge in [0.05, 0.1) is 17.2 Å². The largest absolute Gasteiger partial charge is 0.282 e. The molecule has 0 atom stereocenters. The summed E-state index contributed by atoms with van der Waals surface area (Å²) in [7, 11) is -2.45. The van der Waals surface area contributed by atoms with Gasteiger partial charge in [0.15, 0.2) is 16.0 Å². The van der Waals surface area contributed by atoms with Crippen molar-refractivity contribution in [2.75, 3.05) is 11.4 Å². The predicted octanol–water partition coefficient (Wildman–Crippen LogP) is 1.83. The minimum absolute atomic E-state index is 0.0132. The second-order valence-corrected chi connectivity index (χ2v) is 6.52. The molecule has 0 unspecified atom stereocenters. The summed E-state index contributed by atoms with van der Waals surface area (Å²) in [5.41, 5.74) is 1.15. The van der Waals surface area contributed by atoms with E-state index >= 15 is 0 Å². The van der Waals surface area contributed by atoms with Crippen LogP contribution < -0.4 is 4.31 Å². The predicted molar refractivity (Wildman–Crippen MR) is 78.7 cm³/mol. The van der Waals surface area contributed by atoms with E-state index in [9.17, 15) is 8.42 Å². The molecule has 2 heterocycles. The molecule has 0 aliphatic heterocycles. The molecule has 21 heavy (non-hydrogen) atoms. The van der Waals surface area contributed by atoms with Crippen molar-refractivity contribution in [3.63, 3.8) is 0 Å². The normalized spacial score (nSPS) is 11.7.